The third kappa shape index (κ3) is 6.05. The minimum absolute atomic E-state index is 0.0519. The number of aryl methyl sites for hydroxylation is 2. The number of benzene rings is 1. The van der Waals surface area contributed by atoms with Crippen LogP contribution in [0.1, 0.15) is 24.0 Å². The van der Waals surface area contributed by atoms with Crippen molar-refractivity contribution in [2.75, 3.05) is 67.3 Å². The van der Waals surface area contributed by atoms with Crippen molar-refractivity contribution in [3.05, 3.63) is 23.3 Å². The largest absolute Gasteiger partial charge is 0.497 e. The number of carbonyl (C=O) groups is 1. The Bertz CT molecular complexity index is 903. The molecule has 1 aromatic rings. The average Bonchev–Trinajstić information content (AvgIpc) is 2.75. The van der Waals surface area contributed by atoms with Crippen LogP contribution in [0.2, 0.25) is 0 Å². The quantitative estimate of drug-likeness (QED) is 0.463. The number of morpholine rings is 1. The van der Waals surface area contributed by atoms with Crippen molar-refractivity contribution in [1.82, 2.24) is 14.1 Å². The first kappa shape index (κ1) is 25.9. The van der Waals surface area contributed by atoms with Gasteiger partial charge in [0.1, 0.15) is 12.4 Å². The van der Waals surface area contributed by atoms with Gasteiger partial charge in [0.15, 0.2) is 0 Å². The Morgan fingerprint density at radius 3 is 2.33 bits per heavy atom. The normalized spacial score (nSPS) is 21.6. The maximum Gasteiger partial charge on any atom is 0.248 e. The van der Waals surface area contributed by atoms with Crippen LogP contribution in [-0.2, 0) is 24.3 Å². The first-order chi connectivity index (χ1) is 15.6. The van der Waals surface area contributed by atoms with Crippen LogP contribution in [0.3, 0.4) is 0 Å². The molecule has 0 N–H and O–H groups in total. The number of carbonyl (C=O) groups excluding carboxylic acids is 1. The lowest BCUT2D eigenvalue weighted by Crippen LogP contribution is -2.57. The molecule has 33 heavy (non-hydrogen) atoms. The van der Waals surface area contributed by atoms with E-state index >= 15 is 0 Å². The van der Waals surface area contributed by atoms with Crippen LogP contribution < -0.4 is 4.74 Å². The number of ether oxygens (including phenoxy) is 3. The van der Waals surface area contributed by atoms with E-state index in [1.165, 1.54) is 11.4 Å². The predicted octanol–water partition coefficient (Wildman–Crippen LogP) is 1.27. The van der Waals surface area contributed by atoms with Crippen molar-refractivity contribution >= 4 is 15.9 Å². The topological polar surface area (TPSA) is 88.6 Å². The fourth-order valence-corrected chi connectivity index (χ4v) is 6.04. The van der Waals surface area contributed by atoms with Gasteiger partial charge in [0.2, 0.25) is 15.9 Å². The van der Waals surface area contributed by atoms with Crippen molar-refractivity contribution in [3.8, 4) is 5.75 Å². The van der Waals surface area contributed by atoms with Crippen molar-refractivity contribution < 1.29 is 27.4 Å². The minimum Gasteiger partial charge on any atom is -0.497 e. The lowest BCUT2D eigenvalue weighted by molar-refractivity contribution is -0.140. The Kier molecular flexibility index (Phi) is 8.74. The molecule has 3 rings (SSSR count). The summed E-state index contributed by atoms with van der Waals surface area (Å²) in [6, 6.07) is 4.18. The van der Waals surface area contributed by atoms with E-state index in [2.05, 4.69) is 4.90 Å². The van der Waals surface area contributed by atoms with Crippen LogP contribution in [0.25, 0.3) is 0 Å². The van der Waals surface area contributed by atoms with E-state index in [4.69, 9.17) is 14.2 Å². The Labute approximate surface area is 197 Å². The van der Waals surface area contributed by atoms with Gasteiger partial charge in [0.25, 0.3) is 0 Å². The molecule has 0 aromatic heterocycles. The van der Waals surface area contributed by atoms with Gasteiger partial charge in [-0.3, -0.25) is 9.69 Å². The van der Waals surface area contributed by atoms with Crippen LogP contribution in [0, 0.1) is 13.8 Å². The van der Waals surface area contributed by atoms with Gasteiger partial charge >= 0.3 is 0 Å². The summed E-state index contributed by atoms with van der Waals surface area (Å²) >= 11 is 0. The van der Waals surface area contributed by atoms with Gasteiger partial charge in [-0.2, -0.15) is 4.31 Å². The number of hydrogen-bond acceptors (Lipinski definition) is 7. The van der Waals surface area contributed by atoms with Crippen molar-refractivity contribution in [1.29, 1.82) is 0 Å². The molecule has 10 heteroatoms. The van der Waals surface area contributed by atoms with Crippen LogP contribution in [0.15, 0.2) is 17.0 Å². The molecule has 1 heterocycles. The summed E-state index contributed by atoms with van der Waals surface area (Å²) in [7, 11) is 1.22. The highest BCUT2D eigenvalue weighted by molar-refractivity contribution is 7.89. The molecule has 1 saturated carbocycles. The first-order valence-corrected chi connectivity index (χ1v) is 12.9. The molecule has 1 aliphatic carbocycles. The van der Waals surface area contributed by atoms with Crippen molar-refractivity contribution in [2.45, 2.75) is 43.7 Å². The Morgan fingerprint density at radius 1 is 1.15 bits per heavy atom. The summed E-state index contributed by atoms with van der Waals surface area (Å²) in [5, 5.41) is 0. The summed E-state index contributed by atoms with van der Waals surface area (Å²) < 4.78 is 43.5. The number of sulfonamides is 1. The van der Waals surface area contributed by atoms with E-state index < -0.39 is 10.0 Å². The molecule has 1 aliphatic heterocycles. The van der Waals surface area contributed by atoms with Gasteiger partial charge in [-0.15, -0.1) is 0 Å². The average molecular weight is 484 g/mol. The molecule has 9 nitrogen and oxygen atoms in total. The zero-order chi connectivity index (χ0) is 24.2. The summed E-state index contributed by atoms with van der Waals surface area (Å²) in [4.78, 5) is 17.0. The zero-order valence-corrected chi connectivity index (χ0v) is 21.2. The summed E-state index contributed by atoms with van der Waals surface area (Å²) in [5.41, 5.74) is 1.26. The highest BCUT2D eigenvalue weighted by Crippen LogP contribution is 2.30. The standard InChI is InChI=1S/C23H37N3O6S/c1-17-12-21(30-5)13-18(2)23(17)33(28,29)24(3)6-9-32-16-22(27)25(4)19-14-20(15-19)26-7-10-31-11-8-26/h12-13,19-20H,6-11,14-16H2,1-5H3. The molecular weight excluding hydrogens is 446 g/mol. The lowest BCUT2D eigenvalue weighted by atomic mass is 9.84. The van der Waals surface area contributed by atoms with E-state index in [1.54, 1.807) is 38.0 Å². The van der Waals surface area contributed by atoms with Gasteiger partial charge in [-0.05, 0) is 49.9 Å². The number of nitrogens with zero attached hydrogens (tertiary/aromatic N) is 3. The van der Waals surface area contributed by atoms with Crippen LogP contribution in [0.4, 0.5) is 0 Å². The maximum absolute atomic E-state index is 13.0. The molecule has 0 bridgehead atoms. The zero-order valence-electron chi connectivity index (χ0n) is 20.4. The second-order valence-electron chi connectivity index (χ2n) is 8.90. The summed E-state index contributed by atoms with van der Waals surface area (Å²) in [5.74, 6) is 0.549. The molecule has 1 amide bonds. The van der Waals surface area contributed by atoms with E-state index in [9.17, 15) is 13.2 Å². The molecule has 0 unspecified atom stereocenters. The number of rotatable bonds is 10. The molecule has 2 fully saturated rings. The van der Waals surface area contributed by atoms with Gasteiger partial charge in [-0.25, -0.2) is 8.42 Å². The predicted molar refractivity (Wildman–Crippen MR) is 125 cm³/mol. The lowest BCUT2D eigenvalue weighted by Gasteiger charge is -2.47. The fourth-order valence-electron chi connectivity index (χ4n) is 4.49. The molecular formula is C23H37N3O6S. The molecule has 0 atom stereocenters. The second-order valence-corrected chi connectivity index (χ2v) is 10.9. The Hall–Kier alpha value is -1.72. The molecule has 2 aliphatic rings. The van der Waals surface area contributed by atoms with E-state index in [0.29, 0.717) is 22.9 Å². The third-order valence-corrected chi connectivity index (χ3v) is 8.87. The maximum atomic E-state index is 13.0. The Morgan fingerprint density at radius 2 is 1.76 bits per heavy atom. The Balaban J connectivity index is 1.42. The van der Waals surface area contributed by atoms with Crippen molar-refractivity contribution in [3.63, 3.8) is 0 Å². The number of likely N-dealkylation sites (N-methyl/N-ethyl adjacent to an activating group) is 2. The van der Waals surface area contributed by atoms with Gasteiger partial charge in [-0.1, -0.05) is 0 Å². The van der Waals surface area contributed by atoms with E-state index in [1.807, 2.05) is 7.05 Å². The van der Waals surface area contributed by atoms with E-state index in [-0.39, 0.29) is 36.6 Å². The molecule has 1 aromatic carbocycles. The first-order valence-electron chi connectivity index (χ1n) is 11.4. The second kappa shape index (κ2) is 11.1. The summed E-state index contributed by atoms with van der Waals surface area (Å²) in [6.07, 6.45) is 1.95. The van der Waals surface area contributed by atoms with Crippen LogP contribution >= 0.6 is 0 Å². The molecule has 0 spiro atoms. The number of hydrogen-bond donors (Lipinski definition) is 0. The van der Waals surface area contributed by atoms with E-state index in [0.717, 1.165) is 39.1 Å². The van der Waals surface area contributed by atoms with Gasteiger partial charge in [0.05, 0.1) is 31.8 Å². The smallest absolute Gasteiger partial charge is 0.248 e. The summed E-state index contributed by atoms with van der Waals surface area (Å²) in [6.45, 7) is 7.25. The molecule has 0 radical (unpaired) electrons. The van der Waals surface area contributed by atoms with Crippen molar-refractivity contribution in [2.24, 2.45) is 0 Å². The molecule has 186 valence electrons. The number of amides is 1. The van der Waals surface area contributed by atoms with Gasteiger partial charge < -0.3 is 19.1 Å². The molecule has 1 saturated heterocycles. The third-order valence-electron chi connectivity index (χ3n) is 6.71. The van der Waals surface area contributed by atoms with Crippen LogP contribution in [-0.4, -0.2) is 108 Å². The monoisotopic (exact) mass is 483 g/mol. The fraction of sp³-hybridized carbons (Fsp3) is 0.696. The van der Waals surface area contributed by atoms with Gasteiger partial charge in [0, 0.05) is 45.8 Å². The SMILES string of the molecule is COc1cc(C)c(S(=O)(=O)N(C)CCOCC(=O)N(C)C2CC(N3CCOCC3)C2)c(C)c1. The van der Waals surface area contributed by atoms with Crippen LogP contribution in [0.5, 0.6) is 5.75 Å². The highest BCUT2D eigenvalue weighted by Gasteiger charge is 2.37. The minimum atomic E-state index is -3.68. The number of methoxy groups -OCH3 is 1. The highest BCUT2D eigenvalue weighted by atomic mass is 32.2.